The fraction of sp³-hybridized carbons (Fsp3) is 0.692. The molecule has 0 aliphatic rings. The Kier molecular flexibility index (Phi) is 15.7. The van der Waals surface area contributed by atoms with E-state index in [9.17, 15) is 9.59 Å². The Labute approximate surface area is 183 Å². The summed E-state index contributed by atoms with van der Waals surface area (Å²) in [7, 11) is 0. The number of rotatable bonds is 18. The minimum Gasteiger partial charge on any atom is -0.461 e. The monoisotopic (exact) mass is 418 g/mol. The van der Waals surface area contributed by atoms with Crippen LogP contribution in [0.4, 0.5) is 0 Å². The minimum absolute atomic E-state index is 0.152. The van der Waals surface area contributed by atoms with E-state index in [4.69, 9.17) is 9.47 Å². The van der Waals surface area contributed by atoms with Crippen LogP contribution in [0.5, 0.6) is 0 Å². The van der Waals surface area contributed by atoms with Crippen molar-refractivity contribution in [3.05, 3.63) is 35.4 Å². The van der Waals surface area contributed by atoms with Crippen LogP contribution in [-0.4, -0.2) is 11.9 Å². The van der Waals surface area contributed by atoms with E-state index in [-0.39, 0.29) is 25.2 Å². The molecule has 30 heavy (non-hydrogen) atoms. The first-order chi connectivity index (χ1) is 14.7. The Morgan fingerprint density at radius 2 is 0.967 bits per heavy atom. The molecule has 0 heterocycles. The molecular weight excluding hydrogens is 376 g/mol. The summed E-state index contributed by atoms with van der Waals surface area (Å²) in [6, 6.07) is 7.68. The third-order valence-electron chi connectivity index (χ3n) is 5.36. The zero-order valence-electron chi connectivity index (χ0n) is 19.3. The molecule has 0 spiro atoms. The zero-order valence-corrected chi connectivity index (χ0v) is 19.3. The van der Waals surface area contributed by atoms with Crippen molar-refractivity contribution in [1.29, 1.82) is 0 Å². The Bertz CT molecular complexity index is 531. The number of unbranched alkanes of at least 4 members (excludes halogenated alkanes) is 10. The summed E-state index contributed by atoms with van der Waals surface area (Å²) < 4.78 is 10.9. The second-order valence-electron chi connectivity index (χ2n) is 8.13. The molecule has 4 heteroatoms. The summed E-state index contributed by atoms with van der Waals surface area (Å²) in [6.45, 7) is 4.87. The summed E-state index contributed by atoms with van der Waals surface area (Å²) in [5, 5.41) is 0. The molecule has 0 saturated heterocycles. The van der Waals surface area contributed by atoms with Gasteiger partial charge in [0.15, 0.2) is 0 Å². The molecule has 0 amide bonds. The van der Waals surface area contributed by atoms with Gasteiger partial charge < -0.3 is 9.47 Å². The summed E-state index contributed by atoms with van der Waals surface area (Å²) in [5.74, 6) is -0.305. The van der Waals surface area contributed by atoms with Crippen LogP contribution in [0.1, 0.15) is 115 Å². The molecular formula is C26H42O4. The van der Waals surface area contributed by atoms with Crippen LogP contribution >= 0.6 is 0 Å². The van der Waals surface area contributed by atoms with E-state index in [0.29, 0.717) is 12.8 Å². The van der Waals surface area contributed by atoms with Crippen LogP contribution in [0.3, 0.4) is 0 Å². The highest BCUT2D eigenvalue weighted by Gasteiger charge is 2.09. The highest BCUT2D eigenvalue weighted by Crippen LogP contribution is 2.14. The van der Waals surface area contributed by atoms with Crippen molar-refractivity contribution in [3.63, 3.8) is 0 Å². The maximum atomic E-state index is 12.0. The molecule has 170 valence electrons. The van der Waals surface area contributed by atoms with Crippen molar-refractivity contribution < 1.29 is 19.1 Å². The second kappa shape index (κ2) is 18.0. The summed E-state index contributed by atoms with van der Waals surface area (Å²) >= 11 is 0. The van der Waals surface area contributed by atoms with Gasteiger partial charge in [-0.25, -0.2) is 0 Å². The number of hydrogen-bond donors (Lipinski definition) is 0. The molecule has 0 aromatic heterocycles. The van der Waals surface area contributed by atoms with E-state index in [1.165, 1.54) is 51.4 Å². The zero-order chi connectivity index (χ0) is 21.9. The van der Waals surface area contributed by atoms with Crippen molar-refractivity contribution in [2.45, 2.75) is 117 Å². The maximum absolute atomic E-state index is 12.0. The average molecular weight is 419 g/mol. The number of ether oxygens (including phenoxy) is 2. The van der Waals surface area contributed by atoms with Gasteiger partial charge in [-0.1, -0.05) is 102 Å². The quantitative estimate of drug-likeness (QED) is 0.186. The number of esters is 2. The number of carbonyl (C=O) groups excluding carboxylic acids is 2. The van der Waals surface area contributed by atoms with Gasteiger partial charge >= 0.3 is 11.9 Å². The molecule has 0 aliphatic carbocycles. The first-order valence-corrected chi connectivity index (χ1v) is 12.0. The lowest BCUT2D eigenvalue weighted by Crippen LogP contribution is -2.08. The van der Waals surface area contributed by atoms with Gasteiger partial charge in [0.05, 0.1) is 0 Å². The van der Waals surface area contributed by atoms with E-state index >= 15 is 0 Å². The Hall–Kier alpha value is -1.84. The molecule has 0 aliphatic heterocycles. The van der Waals surface area contributed by atoms with Crippen LogP contribution < -0.4 is 0 Å². The van der Waals surface area contributed by atoms with Crippen LogP contribution in [0, 0.1) is 0 Å². The van der Waals surface area contributed by atoms with Crippen molar-refractivity contribution in [1.82, 2.24) is 0 Å². The summed E-state index contributed by atoms with van der Waals surface area (Å²) in [5.41, 5.74) is 1.81. The van der Waals surface area contributed by atoms with Crippen molar-refractivity contribution in [3.8, 4) is 0 Å². The molecule has 4 nitrogen and oxygen atoms in total. The molecule has 0 unspecified atom stereocenters. The summed E-state index contributed by atoms with van der Waals surface area (Å²) in [6.07, 6.45) is 14.8. The molecule has 0 bridgehead atoms. The second-order valence-corrected chi connectivity index (χ2v) is 8.13. The molecule has 0 fully saturated rings. The molecule has 0 saturated carbocycles. The van der Waals surface area contributed by atoms with Crippen LogP contribution in [0.2, 0.25) is 0 Å². The van der Waals surface area contributed by atoms with Crippen molar-refractivity contribution in [2.75, 3.05) is 0 Å². The highest BCUT2D eigenvalue weighted by molar-refractivity contribution is 5.69. The van der Waals surface area contributed by atoms with Crippen LogP contribution in [0.15, 0.2) is 24.3 Å². The van der Waals surface area contributed by atoms with Gasteiger partial charge in [-0.15, -0.1) is 0 Å². The van der Waals surface area contributed by atoms with Gasteiger partial charge in [0, 0.05) is 12.8 Å². The van der Waals surface area contributed by atoms with Crippen LogP contribution in [-0.2, 0) is 32.3 Å². The smallest absolute Gasteiger partial charge is 0.306 e. The number of carbonyl (C=O) groups is 2. The van der Waals surface area contributed by atoms with Crippen molar-refractivity contribution in [2.24, 2.45) is 0 Å². The van der Waals surface area contributed by atoms with Gasteiger partial charge in [0.2, 0.25) is 0 Å². The average Bonchev–Trinajstić information content (AvgIpc) is 2.76. The molecule has 0 atom stereocenters. The standard InChI is InChI=1S/C26H42O4/c1-3-5-7-9-11-13-19-25(27)29-21-23-17-15-16-18-24(23)22-30-26(28)20-14-12-10-8-6-4-2/h15-18H,3-14,19-22H2,1-2H3. The first kappa shape index (κ1) is 26.2. The van der Waals surface area contributed by atoms with Gasteiger partial charge in [0.1, 0.15) is 13.2 Å². The molecule has 0 N–H and O–H groups in total. The number of benzene rings is 1. The number of hydrogen-bond acceptors (Lipinski definition) is 4. The Morgan fingerprint density at radius 1 is 0.600 bits per heavy atom. The lowest BCUT2D eigenvalue weighted by Gasteiger charge is -2.11. The topological polar surface area (TPSA) is 52.6 Å². The van der Waals surface area contributed by atoms with E-state index < -0.39 is 0 Å². The Balaban J connectivity index is 2.24. The molecule has 0 radical (unpaired) electrons. The van der Waals surface area contributed by atoms with E-state index in [2.05, 4.69) is 13.8 Å². The Morgan fingerprint density at radius 3 is 1.37 bits per heavy atom. The van der Waals surface area contributed by atoms with E-state index in [1.54, 1.807) is 0 Å². The fourth-order valence-corrected chi connectivity index (χ4v) is 3.40. The van der Waals surface area contributed by atoms with Crippen LogP contribution in [0.25, 0.3) is 0 Å². The molecule has 1 rings (SSSR count). The lowest BCUT2D eigenvalue weighted by atomic mass is 10.1. The summed E-state index contributed by atoms with van der Waals surface area (Å²) in [4.78, 5) is 24.0. The predicted molar refractivity (Wildman–Crippen MR) is 122 cm³/mol. The largest absolute Gasteiger partial charge is 0.461 e. The molecule has 1 aromatic rings. The maximum Gasteiger partial charge on any atom is 0.306 e. The lowest BCUT2D eigenvalue weighted by molar-refractivity contribution is -0.146. The predicted octanol–water partition coefficient (Wildman–Crippen LogP) is 7.27. The van der Waals surface area contributed by atoms with E-state index in [1.807, 2.05) is 24.3 Å². The van der Waals surface area contributed by atoms with Crippen molar-refractivity contribution >= 4 is 11.9 Å². The molecule has 1 aromatic carbocycles. The van der Waals surface area contributed by atoms with Gasteiger partial charge in [-0.3, -0.25) is 9.59 Å². The van der Waals surface area contributed by atoms with Gasteiger partial charge in [-0.05, 0) is 24.0 Å². The van der Waals surface area contributed by atoms with Gasteiger partial charge in [0.25, 0.3) is 0 Å². The third-order valence-corrected chi connectivity index (χ3v) is 5.36. The normalized spacial score (nSPS) is 10.7. The van der Waals surface area contributed by atoms with E-state index in [0.717, 1.165) is 36.8 Å². The highest BCUT2D eigenvalue weighted by atomic mass is 16.5. The fourth-order valence-electron chi connectivity index (χ4n) is 3.40. The SMILES string of the molecule is CCCCCCCCC(=O)OCc1ccccc1COC(=O)CCCCCCCC. The minimum atomic E-state index is -0.152. The first-order valence-electron chi connectivity index (χ1n) is 12.0. The third kappa shape index (κ3) is 13.4. The van der Waals surface area contributed by atoms with Gasteiger partial charge in [-0.2, -0.15) is 0 Å².